The number of esters is 1. The number of hydrogen-bond acceptors (Lipinski definition) is 7. The Labute approximate surface area is 168 Å². The molecule has 0 unspecified atom stereocenters. The van der Waals surface area contributed by atoms with Gasteiger partial charge in [-0.1, -0.05) is 0 Å². The molecule has 4 rings (SSSR count). The highest BCUT2D eigenvalue weighted by atomic mass is 16.7. The number of fused-ring (bicyclic) bond motifs is 1. The molecule has 0 aliphatic carbocycles. The molecule has 1 fully saturated rings. The van der Waals surface area contributed by atoms with E-state index in [0.29, 0.717) is 36.0 Å². The van der Waals surface area contributed by atoms with E-state index in [2.05, 4.69) is 10.2 Å². The molecule has 0 bridgehead atoms. The summed E-state index contributed by atoms with van der Waals surface area (Å²) in [6.45, 7) is 4.77. The van der Waals surface area contributed by atoms with E-state index in [1.54, 1.807) is 18.2 Å². The molecule has 0 radical (unpaired) electrons. The predicted molar refractivity (Wildman–Crippen MR) is 106 cm³/mol. The first-order valence-corrected chi connectivity index (χ1v) is 9.44. The number of hydrogen-bond donors (Lipinski definition) is 1. The Bertz CT molecular complexity index is 893. The molecule has 0 aromatic heterocycles. The van der Waals surface area contributed by atoms with Crippen molar-refractivity contribution in [2.45, 2.75) is 13.0 Å². The summed E-state index contributed by atoms with van der Waals surface area (Å²) >= 11 is 0. The van der Waals surface area contributed by atoms with Crippen LogP contribution < -0.4 is 19.7 Å². The van der Waals surface area contributed by atoms with Crippen LogP contribution in [0.25, 0.3) is 0 Å². The van der Waals surface area contributed by atoms with Crippen LogP contribution >= 0.6 is 0 Å². The summed E-state index contributed by atoms with van der Waals surface area (Å²) in [5.41, 5.74) is 2.01. The van der Waals surface area contributed by atoms with Crippen molar-refractivity contribution in [3.05, 3.63) is 48.0 Å². The third-order valence-electron chi connectivity index (χ3n) is 4.77. The van der Waals surface area contributed by atoms with Gasteiger partial charge in [-0.15, -0.1) is 0 Å². The van der Waals surface area contributed by atoms with Crippen molar-refractivity contribution < 1.29 is 28.5 Å². The van der Waals surface area contributed by atoms with Crippen LogP contribution in [0.1, 0.15) is 17.3 Å². The summed E-state index contributed by atoms with van der Waals surface area (Å²) in [6.07, 6.45) is -0.952. The molecule has 2 aromatic carbocycles. The standard InChI is InChI=1S/C21H22N2O6/c1-14(29-21(25)15-2-7-18-19(12-15)28-13-27-18)20(24)22-16-3-5-17(6-4-16)23-8-10-26-11-9-23/h2-7,12,14H,8-11,13H2,1H3,(H,22,24)/t14-/m1/s1. The van der Waals surface area contributed by atoms with E-state index in [-0.39, 0.29) is 6.79 Å². The van der Waals surface area contributed by atoms with Crippen LogP contribution in [0.5, 0.6) is 11.5 Å². The number of nitrogens with one attached hydrogen (secondary N) is 1. The Balaban J connectivity index is 1.32. The molecule has 29 heavy (non-hydrogen) atoms. The number of carbonyl (C=O) groups is 2. The number of rotatable bonds is 5. The Kier molecular flexibility index (Phi) is 5.53. The third kappa shape index (κ3) is 4.43. The largest absolute Gasteiger partial charge is 0.454 e. The van der Waals surface area contributed by atoms with Gasteiger partial charge in [-0.3, -0.25) is 4.79 Å². The first-order chi connectivity index (χ1) is 14.1. The number of benzene rings is 2. The van der Waals surface area contributed by atoms with Crippen molar-refractivity contribution in [2.24, 2.45) is 0 Å². The molecule has 1 atom stereocenters. The molecular weight excluding hydrogens is 376 g/mol. The minimum atomic E-state index is -0.952. The van der Waals surface area contributed by atoms with E-state index in [1.165, 1.54) is 6.92 Å². The molecule has 2 aliphatic rings. The van der Waals surface area contributed by atoms with Crippen LogP contribution in [-0.4, -0.2) is 51.1 Å². The van der Waals surface area contributed by atoms with E-state index in [4.69, 9.17) is 18.9 Å². The highest BCUT2D eigenvalue weighted by Crippen LogP contribution is 2.32. The summed E-state index contributed by atoms with van der Waals surface area (Å²) in [5, 5.41) is 2.77. The maximum atomic E-state index is 12.4. The lowest BCUT2D eigenvalue weighted by Gasteiger charge is -2.28. The van der Waals surface area contributed by atoms with E-state index < -0.39 is 18.0 Å². The lowest BCUT2D eigenvalue weighted by molar-refractivity contribution is -0.123. The zero-order chi connectivity index (χ0) is 20.2. The predicted octanol–water partition coefficient (Wildman–Crippen LogP) is 2.44. The smallest absolute Gasteiger partial charge is 0.339 e. The average molecular weight is 398 g/mol. The topological polar surface area (TPSA) is 86.3 Å². The molecule has 8 heteroatoms. The lowest BCUT2D eigenvalue weighted by Crippen LogP contribution is -2.36. The maximum Gasteiger partial charge on any atom is 0.339 e. The Morgan fingerprint density at radius 2 is 1.76 bits per heavy atom. The Morgan fingerprint density at radius 1 is 1.03 bits per heavy atom. The summed E-state index contributed by atoms with van der Waals surface area (Å²) in [6, 6.07) is 12.3. The van der Waals surface area contributed by atoms with E-state index in [9.17, 15) is 9.59 Å². The van der Waals surface area contributed by atoms with Gasteiger partial charge in [0, 0.05) is 24.5 Å². The number of amides is 1. The molecule has 8 nitrogen and oxygen atoms in total. The number of ether oxygens (including phenoxy) is 4. The fraction of sp³-hybridized carbons (Fsp3) is 0.333. The van der Waals surface area contributed by atoms with Gasteiger partial charge in [-0.05, 0) is 49.4 Å². The van der Waals surface area contributed by atoms with E-state index in [0.717, 1.165) is 18.8 Å². The second-order valence-electron chi connectivity index (χ2n) is 6.75. The SMILES string of the molecule is C[C@@H](OC(=O)c1ccc2c(c1)OCO2)C(=O)Nc1ccc(N2CCOCC2)cc1. The van der Waals surface area contributed by atoms with Crippen molar-refractivity contribution in [2.75, 3.05) is 43.3 Å². The molecule has 1 saturated heterocycles. The van der Waals surface area contributed by atoms with Gasteiger partial charge < -0.3 is 29.2 Å². The first-order valence-electron chi connectivity index (χ1n) is 9.44. The van der Waals surface area contributed by atoms with Crippen LogP contribution in [0, 0.1) is 0 Å². The van der Waals surface area contributed by atoms with Crippen molar-refractivity contribution in [3.8, 4) is 11.5 Å². The van der Waals surface area contributed by atoms with Gasteiger partial charge in [0.15, 0.2) is 17.6 Å². The van der Waals surface area contributed by atoms with Crippen LogP contribution in [0.3, 0.4) is 0 Å². The summed E-state index contributed by atoms with van der Waals surface area (Å²) in [4.78, 5) is 26.9. The molecule has 1 N–H and O–H groups in total. The fourth-order valence-corrected chi connectivity index (χ4v) is 3.13. The minimum absolute atomic E-state index is 0.122. The van der Waals surface area contributed by atoms with Gasteiger partial charge in [0.2, 0.25) is 6.79 Å². The van der Waals surface area contributed by atoms with Crippen molar-refractivity contribution in [3.63, 3.8) is 0 Å². The monoisotopic (exact) mass is 398 g/mol. The molecule has 2 aromatic rings. The second-order valence-corrected chi connectivity index (χ2v) is 6.75. The maximum absolute atomic E-state index is 12.4. The Morgan fingerprint density at radius 3 is 2.52 bits per heavy atom. The lowest BCUT2D eigenvalue weighted by atomic mass is 10.2. The van der Waals surface area contributed by atoms with Gasteiger partial charge in [0.05, 0.1) is 18.8 Å². The highest BCUT2D eigenvalue weighted by molar-refractivity contribution is 5.97. The summed E-state index contributed by atoms with van der Waals surface area (Å²) < 4.78 is 21.1. The minimum Gasteiger partial charge on any atom is -0.454 e. The van der Waals surface area contributed by atoms with Gasteiger partial charge in [0.1, 0.15) is 0 Å². The normalized spacial score (nSPS) is 16.2. The van der Waals surface area contributed by atoms with Gasteiger partial charge in [-0.25, -0.2) is 4.79 Å². The number of morpholine rings is 1. The zero-order valence-corrected chi connectivity index (χ0v) is 16.1. The molecule has 2 heterocycles. The molecule has 0 saturated carbocycles. The van der Waals surface area contributed by atoms with Crippen molar-refractivity contribution in [1.82, 2.24) is 0 Å². The quantitative estimate of drug-likeness (QED) is 0.774. The summed E-state index contributed by atoms with van der Waals surface area (Å²) in [7, 11) is 0. The molecule has 0 spiro atoms. The third-order valence-corrected chi connectivity index (χ3v) is 4.77. The van der Waals surface area contributed by atoms with Crippen LogP contribution in [0.2, 0.25) is 0 Å². The van der Waals surface area contributed by atoms with Crippen molar-refractivity contribution >= 4 is 23.3 Å². The highest BCUT2D eigenvalue weighted by Gasteiger charge is 2.22. The molecule has 2 aliphatic heterocycles. The zero-order valence-electron chi connectivity index (χ0n) is 16.1. The molecule has 1 amide bonds. The van der Waals surface area contributed by atoms with Crippen LogP contribution in [0.4, 0.5) is 11.4 Å². The van der Waals surface area contributed by atoms with E-state index >= 15 is 0 Å². The number of nitrogens with zero attached hydrogens (tertiary/aromatic N) is 1. The summed E-state index contributed by atoms with van der Waals surface area (Å²) in [5.74, 6) is 0.0524. The van der Waals surface area contributed by atoms with Crippen molar-refractivity contribution in [1.29, 1.82) is 0 Å². The molecular formula is C21H22N2O6. The van der Waals surface area contributed by atoms with Crippen LogP contribution in [0.15, 0.2) is 42.5 Å². The van der Waals surface area contributed by atoms with Crippen LogP contribution in [-0.2, 0) is 14.3 Å². The number of anilines is 2. The van der Waals surface area contributed by atoms with Gasteiger partial charge in [-0.2, -0.15) is 0 Å². The Hall–Kier alpha value is -3.26. The fourth-order valence-electron chi connectivity index (χ4n) is 3.13. The first kappa shape index (κ1) is 19.1. The second kappa shape index (κ2) is 8.40. The van der Waals surface area contributed by atoms with Gasteiger partial charge >= 0.3 is 5.97 Å². The van der Waals surface area contributed by atoms with E-state index in [1.807, 2.05) is 24.3 Å². The molecule has 152 valence electrons. The average Bonchev–Trinajstić information content (AvgIpc) is 3.22. The number of carbonyl (C=O) groups excluding carboxylic acids is 2. The van der Waals surface area contributed by atoms with Gasteiger partial charge in [0.25, 0.3) is 5.91 Å².